The minimum atomic E-state index is -3.75. The van der Waals surface area contributed by atoms with Crippen molar-refractivity contribution < 1.29 is 13.2 Å². The molecule has 2 aliphatic rings. The number of likely N-dealkylation sites (tertiary alicyclic amines) is 1. The molecule has 0 aliphatic carbocycles. The summed E-state index contributed by atoms with van der Waals surface area (Å²) in [6.45, 7) is 3.53. The van der Waals surface area contributed by atoms with Crippen molar-refractivity contribution in [3.63, 3.8) is 0 Å². The highest BCUT2D eigenvalue weighted by Gasteiger charge is 2.35. The lowest BCUT2D eigenvalue weighted by atomic mass is 9.82. The third kappa shape index (κ3) is 3.30. The predicted molar refractivity (Wildman–Crippen MR) is 101 cm³/mol. The average Bonchev–Trinajstić information content (AvgIpc) is 2.61. The first-order chi connectivity index (χ1) is 12.7. The van der Waals surface area contributed by atoms with Crippen LogP contribution in [0.4, 0.5) is 0 Å². The number of amides is 1. The van der Waals surface area contributed by atoms with Crippen LogP contribution in [0.2, 0.25) is 0 Å². The lowest BCUT2D eigenvalue weighted by molar-refractivity contribution is -0.131. The fraction of sp³-hybridized carbons (Fsp3) is 0.368. The zero-order valence-corrected chi connectivity index (χ0v) is 15.8. The lowest BCUT2D eigenvalue weighted by Crippen LogP contribution is -2.48. The fourth-order valence-corrected chi connectivity index (χ4v) is 4.74. The van der Waals surface area contributed by atoms with Crippen LogP contribution in [0.1, 0.15) is 25.0 Å². The topological polar surface area (TPSA) is 102 Å². The van der Waals surface area contributed by atoms with E-state index in [4.69, 9.17) is 5.14 Å². The van der Waals surface area contributed by atoms with Crippen molar-refractivity contribution in [3.8, 4) is 11.1 Å². The molecule has 2 aromatic rings. The summed E-state index contributed by atoms with van der Waals surface area (Å²) in [6, 6.07) is 9.75. The van der Waals surface area contributed by atoms with Crippen molar-refractivity contribution in [3.05, 3.63) is 52.4 Å². The molecule has 2 bridgehead atoms. The van der Waals surface area contributed by atoms with Crippen LogP contribution < -0.4 is 10.7 Å². The molecule has 27 heavy (non-hydrogen) atoms. The summed E-state index contributed by atoms with van der Waals surface area (Å²) < 4.78 is 24.7. The second-order valence-corrected chi connectivity index (χ2v) is 8.97. The summed E-state index contributed by atoms with van der Waals surface area (Å²) in [5.41, 5.74) is 2.37. The van der Waals surface area contributed by atoms with Crippen LogP contribution >= 0.6 is 0 Å². The number of primary sulfonamides is 1. The van der Waals surface area contributed by atoms with Gasteiger partial charge in [0.2, 0.25) is 15.9 Å². The second-order valence-electron chi connectivity index (χ2n) is 7.41. The van der Waals surface area contributed by atoms with E-state index in [9.17, 15) is 18.0 Å². The molecular weight excluding hydrogens is 366 g/mol. The van der Waals surface area contributed by atoms with E-state index in [1.165, 1.54) is 12.1 Å². The molecule has 1 saturated heterocycles. The Labute approximate surface area is 157 Å². The van der Waals surface area contributed by atoms with Gasteiger partial charge >= 0.3 is 0 Å². The number of hydrogen-bond donors (Lipinski definition) is 1. The maximum Gasteiger partial charge on any atom is 0.251 e. The van der Waals surface area contributed by atoms with E-state index >= 15 is 0 Å². The summed E-state index contributed by atoms with van der Waals surface area (Å²) in [7, 11) is -3.75. The molecule has 1 fully saturated rings. The maximum absolute atomic E-state index is 12.7. The molecule has 4 rings (SSSR count). The van der Waals surface area contributed by atoms with Gasteiger partial charge in [-0.2, -0.15) is 0 Å². The van der Waals surface area contributed by atoms with Crippen molar-refractivity contribution in [2.75, 3.05) is 13.1 Å². The zero-order chi connectivity index (χ0) is 19.3. The number of sulfonamides is 1. The molecule has 1 amide bonds. The first-order valence-electron chi connectivity index (χ1n) is 8.86. The molecule has 2 aliphatic heterocycles. The van der Waals surface area contributed by atoms with E-state index in [0.717, 1.165) is 23.2 Å². The molecule has 0 saturated carbocycles. The largest absolute Gasteiger partial charge is 0.342 e. The van der Waals surface area contributed by atoms with Gasteiger partial charge in [0.25, 0.3) is 5.56 Å². The summed E-state index contributed by atoms with van der Waals surface area (Å²) in [5, 5.41) is 5.14. The third-order valence-corrected chi connectivity index (χ3v) is 6.45. The van der Waals surface area contributed by atoms with Crippen molar-refractivity contribution in [1.29, 1.82) is 0 Å². The molecule has 1 aromatic heterocycles. The molecule has 0 spiro atoms. The van der Waals surface area contributed by atoms with E-state index in [1.807, 2.05) is 15.5 Å². The number of benzene rings is 1. The third-order valence-electron chi connectivity index (χ3n) is 5.52. The lowest BCUT2D eigenvalue weighted by Gasteiger charge is -2.42. The van der Waals surface area contributed by atoms with Crippen LogP contribution in [-0.4, -0.2) is 36.9 Å². The van der Waals surface area contributed by atoms with E-state index in [2.05, 4.69) is 0 Å². The van der Waals surface area contributed by atoms with E-state index in [1.54, 1.807) is 25.1 Å². The van der Waals surface area contributed by atoms with Crippen molar-refractivity contribution in [1.82, 2.24) is 9.47 Å². The smallest absolute Gasteiger partial charge is 0.251 e. The number of pyridine rings is 1. The molecule has 0 radical (unpaired) electrons. The number of carbonyl (C=O) groups is 1. The number of rotatable bonds is 2. The molecule has 8 heteroatoms. The van der Waals surface area contributed by atoms with Crippen molar-refractivity contribution in [2.24, 2.45) is 11.1 Å². The highest BCUT2D eigenvalue weighted by atomic mass is 32.2. The Balaban J connectivity index is 1.74. The Morgan fingerprint density at radius 1 is 1.07 bits per heavy atom. The van der Waals surface area contributed by atoms with Crippen LogP contribution in [0.25, 0.3) is 11.1 Å². The molecule has 7 nitrogen and oxygen atoms in total. The van der Waals surface area contributed by atoms with Gasteiger partial charge in [0.15, 0.2) is 0 Å². The molecule has 0 unspecified atom stereocenters. The van der Waals surface area contributed by atoms with Gasteiger partial charge in [-0.1, -0.05) is 12.1 Å². The second kappa shape index (κ2) is 6.31. The number of hydrogen-bond acceptors (Lipinski definition) is 4. The Morgan fingerprint density at radius 2 is 1.78 bits per heavy atom. The quantitative estimate of drug-likeness (QED) is 0.834. The molecule has 2 N–H and O–H groups in total. The number of nitrogens with two attached hydrogens (primary N) is 1. The molecule has 1 aromatic carbocycles. The van der Waals surface area contributed by atoms with Crippen LogP contribution in [0.15, 0.2) is 46.1 Å². The minimum absolute atomic E-state index is 0.0353. The number of carbonyl (C=O) groups excluding carboxylic acids is 1. The molecule has 2 atom stereocenters. The SMILES string of the molecule is CC(=O)N1C[C@@H]2C[C@H](C1)c1cc(-c3ccc(S(N)(=O)=O)cc3)cc(=O)n1C2. The van der Waals surface area contributed by atoms with E-state index in [-0.39, 0.29) is 22.3 Å². The van der Waals surface area contributed by atoms with Gasteiger partial charge in [0.05, 0.1) is 4.90 Å². The van der Waals surface area contributed by atoms with Gasteiger partial charge in [0, 0.05) is 44.2 Å². The van der Waals surface area contributed by atoms with E-state index < -0.39 is 10.0 Å². The predicted octanol–water partition coefficient (Wildman–Crippen LogP) is 1.13. The fourth-order valence-electron chi connectivity index (χ4n) is 4.22. The summed E-state index contributed by atoms with van der Waals surface area (Å²) in [5.74, 6) is 0.505. The Bertz CT molecular complexity index is 1070. The molecule has 3 heterocycles. The Kier molecular flexibility index (Phi) is 4.20. The van der Waals surface area contributed by atoms with Crippen molar-refractivity contribution >= 4 is 15.9 Å². The van der Waals surface area contributed by atoms with Crippen molar-refractivity contribution in [2.45, 2.75) is 30.7 Å². The van der Waals surface area contributed by atoms with Gasteiger partial charge in [-0.3, -0.25) is 9.59 Å². The van der Waals surface area contributed by atoms with Gasteiger partial charge in [-0.25, -0.2) is 13.6 Å². The Hall–Kier alpha value is -2.45. The first kappa shape index (κ1) is 17.9. The standard InChI is InChI=1S/C19H21N3O4S/c1-12(23)21-9-13-6-16(11-21)18-7-15(8-19(24)22(18)10-13)14-2-4-17(5-3-14)27(20,25)26/h2-5,7-8,13,16H,6,9-11H2,1H3,(H2,20,25,26)/t13-,16+/m0/s1. The minimum Gasteiger partial charge on any atom is -0.342 e. The van der Waals surface area contributed by atoms with Crippen LogP contribution in [0, 0.1) is 5.92 Å². The van der Waals surface area contributed by atoms with Gasteiger partial charge in [-0.05, 0) is 41.7 Å². The van der Waals surface area contributed by atoms with Gasteiger partial charge in [0.1, 0.15) is 0 Å². The summed E-state index contributed by atoms with van der Waals surface area (Å²) in [6.07, 6.45) is 0.969. The highest BCUT2D eigenvalue weighted by molar-refractivity contribution is 7.89. The van der Waals surface area contributed by atoms with Crippen LogP contribution in [-0.2, 0) is 21.4 Å². The van der Waals surface area contributed by atoms with Crippen LogP contribution in [0.5, 0.6) is 0 Å². The summed E-state index contributed by atoms with van der Waals surface area (Å²) >= 11 is 0. The Morgan fingerprint density at radius 3 is 2.41 bits per heavy atom. The highest BCUT2D eigenvalue weighted by Crippen LogP contribution is 2.36. The average molecular weight is 387 g/mol. The monoisotopic (exact) mass is 387 g/mol. The molecular formula is C19H21N3O4S. The zero-order valence-electron chi connectivity index (χ0n) is 15.0. The van der Waals surface area contributed by atoms with Gasteiger partial charge < -0.3 is 9.47 Å². The number of nitrogens with zero attached hydrogens (tertiary/aromatic N) is 2. The number of aromatic nitrogens is 1. The maximum atomic E-state index is 12.7. The van der Waals surface area contributed by atoms with Crippen LogP contribution in [0.3, 0.4) is 0 Å². The molecule has 142 valence electrons. The first-order valence-corrected chi connectivity index (χ1v) is 10.4. The number of piperidine rings is 1. The van der Waals surface area contributed by atoms with Gasteiger partial charge in [-0.15, -0.1) is 0 Å². The number of fused-ring (bicyclic) bond motifs is 4. The van der Waals surface area contributed by atoms with E-state index in [0.29, 0.717) is 25.6 Å². The normalized spacial score (nSPS) is 21.6. The summed E-state index contributed by atoms with van der Waals surface area (Å²) in [4.78, 5) is 26.4.